The van der Waals surface area contributed by atoms with Crippen LogP contribution in [-0.2, 0) is 6.54 Å². The summed E-state index contributed by atoms with van der Waals surface area (Å²) in [5.74, 6) is 0. The minimum Gasteiger partial charge on any atom is -0.467 e. The summed E-state index contributed by atoms with van der Waals surface area (Å²) in [7, 11) is 1.51. The van der Waals surface area contributed by atoms with Gasteiger partial charge >= 0.3 is 6.01 Å². The van der Waals surface area contributed by atoms with Crippen molar-refractivity contribution in [3.05, 3.63) is 17.5 Å². The van der Waals surface area contributed by atoms with Gasteiger partial charge in [0.1, 0.15) is 0 Å². The third-order valence-corrected chi connectivity index (χ3v) is 1.51. The lowest BCUT2D eigenvalue weighted by Gasteiger charge is -2.03. The Hall–Kier alpha value is -1.20. The van der Waals surface area contributed by atoms with E-state index in [1.54, 1.807) is 6.20 Å². The van der Waals surface area contributed by atoms with Gasteiger partial charge in [0.05, 0.1) is 7.11 Å². The van der Waals surface area contributed by atoms with Gasteiger partial charge in [-0.2, -0.15) is 0 Å². The number of aryl methyl sites for hydroxylation is 1. The third kappa shape index (κ3) is 1.90. The summed E-state index contributed by atoms with van der Waals surface area (Å²) in [6, 6.07) is 0.342. The summed E-state index contributed by atoms with van der Waals surface area (Å²) < 4.78 is 4.82. The van der Waals surface area contributed by atoms with Gasteiger partial charge in [-0.1, -0.05) is 0 Å². The molecule has 1 heterocycles. The maximum Gasteiger partial charge on any atom is 0.316 e. The van der Waals surface area contributed by atoms with Crippen molar-refractivity contribution in [2.75, 3.05) is 7.11 Å². The molecule has 0 spiro atoms. The molecule has 5 nitrogen and oxygen atoms in total. The van der Waals surface area contributed by atoms with Crippen molar-refractivity contribution < 1.29 is 9.94 Å². The number of aromatic nitrogens is 2. The number of rotatable bonds is 3. The van der Waals surface area contributed by atoms with E-state index in [4.69, 9.17) is 9.94 Å². The predicted octanol–water partition coefficient (Wildman–Crippen LogP) is 0.272. The van der Waals surface area contributed by atoms with Crippen molar-refractivity contribution >= 4 is 0 Å². The SMILES string of the molecule is COc1ncc(CNO)c(C)n1. The highest BCUT2D eigenvalue weighted by Gasteiger charge is 2.01. The second kappa shape index (κ2) is 3.99. The van der Waals surface area contributed by atoms with Crippen molar-refractivity contribution in [3.63, 3.8) is 0 Å². The number of hydroxylamine groups is 1. The van der Waals surface area contributed by atoms with Crippen LogP contribution in [0.4, 0.5) is 0 Å². The first kappa shape index (κ1) is 8.89. The highest BCUT2D eigenvalue weighted by atomic mass is 16.5. The topological polar surface area (TPSA) is 67.3 Å². The number of nitrogens with zero attached hydrogens (tertiary/aromatic N) is 2. The lowest BCUT2D eigenvalue weighted by atomic mass is 10.2. The van der Waals surface area contributed by atoms with Gasteiger partial charge in [-0.05, 0) is 6.92 Å². The van der Waals surface area contributed by atoms with E-state index in [2.05, 4.69) is 9.97 Å². The van der Waals surface area contributed by atoms with Crippen LogP contribution in [-0.4, -0.2) is 22.3 Å². The fourth-order valence-corrected chi connectivity index (χ4v) is 0.828. The lowest BCUT2D eigenvalue weighted by molar-refractivity contribution is 0.160. The lowest BCUT2D eigenvalue weighted by Crippen LogP contribution is -2.09. The molecule has 12 heavy (non-hydrogen) atoms. The zero-order valence-corrected chi connectivity index (χ0v) is 7.03. The van der Waals surface area contributed by atoms with Gasteiger partial charge in [0.2, 0.25) is 0 Å². The normalized spacial score (nSPS) is 9.92. The fourth-order valence-electron chi connectivity index (χ4n) is 0.828. The Labute approximate surface area is 70.4 Å². The molecule has 0 saturated heterocycles. The van der Waals surface area contributed by atoms with Crippen molar-refractivity contribution in [1.82, 2.24) is 15.4 Å². The predicted molar refractivity (Wildman–Crippen MR) is 41.9 cm³/mol. The molecule has 5 heteroatoms. The molecule has 0 bridgehead atoms. The van der Waals surface area contributed by atoms with Gasteiger partial charge in [-0.3, -0.25) is 0 Å². The standard InChI is InChI=1S/C7H11N3O2/c1-5-6(4-9-11)3-8-7(10-5)12-2/h3,9,11H,4H2,1-2H3. The van der Waals surface area contributed by atoms with E-state index in [1.165, 1.54) is 7.11 Å². The van der Waals surface area contributed by atoms with Crippen LogP contribution >= 0.6 is 0 Å². The summed E-state index contributed by atoms with van der Waals surface area (Å²) in [6.07, 6.45) is 1.62. The van der Waals surface area contributed by atoms with Crippen LogP contribution in [0.2, 0.25) is 0 Å². The molecule has 1 aromatic heterocycles. The molecule has 0 atom stereocenters. The smallest absolute Gasteiger partial charge is 0.316 e. The molecule has 2 N–H and O–H groups in total. The van der Waals surface area contributed by atoms with E-state index in [-0.39, 0.29) is 0 Å². The van der Waals surface area contributed by atoms with Crippen LogP contribution in [0, 0.1) is 6.92 Å². The molecule has 0 amide bonds. The second-order valence-corrected chi connectivity index (χ2v) is 2.30. The van der Waals surface area contributed by atoms with E-state index in [9.17, 15) is 0 Å². The quantitative estimate of drug-likeness (QED) is 0.636. The van der Waals surface area contributed by atoms with Gasteiger partial charge in [0, 0.05) is 24.0 Å². The van der Waals surface area contributed by atoms with Crippen LogP contribution in [0.5, 0.6) is 6.01 Å². The molecule has 0 aliphatic rings. The fraction of sp³-hybridized carbons (Fsp3) is 0.429. The Morgan fingerprint density at radius 2 is 2.42 bits per heavy atom. The number of hydrogen-bond acceptors (Lipinski definition) is 5. The van der Waals surface area contributed by atoms with E-state index >= 15 is 0 Å². The van der Waals surface area contributed by atoms with Crippen molar-refractivity contribution in [2.24, 2.45) is 0 Å². The molecule has 1 aromatic rings. The van der Waals surface area contributed by atoms with Gasteiger partial charge < -0.3 is 9.94 Å². The zero-order chi connectivity index (χ0) is 8.97. The molecule has 0 aliphatic carbocycles. The third-order valence-electron chi connectivity index (χ3n) is 1.51. The van der Waals surface area contributed by atoms with E-state index < -0.39 is 0 Å². The number of hydrogen-bond donors (Lipinski definition) is 2. The Morgan fingerprint density at radius 3 is 2.92 bits per heavy atom. The minimum atomic E-state index is 0.342. The maximum absolute atomic E-state index is 8.43. The number of ether oxygens (including phenoxy) is 1. The first-order valence-corrected chi connectivity index (χ1v) is 3.51. The highest BCUT2D eigenvalue weighted by Crippen LogP contribution is 2.07. The number of methoxy groups -OCH3 is 1. The molecule has 0 aliphatic heterocycles. The average molecular weight is 169 g/mol. The van der Waals surface area contributed by atoms with Crippen LogP contribution in [0.25, 0.3) is 0 Å². The molecular formula is C7H11N3O2. The molecule has 0 radical (unpaired) electrons. The Morgan fingerprint density at radius 1 is 1.67 bits per heavy atom. The molecule has 0 saturated carbocycles. The maximum atomic E-state index is 8.43. The van der Waals surface area contributed by atoms with Gasteiger partial charge in [-0.15, -0.1) is 0 Å². The minimum absolute atomic E-state index is 0.342. The summed E-state index contributed by atoms with van der Waals surface area (Å²) in [6.45, 7) is 2.17. The van der Waals surface area contributed by atoms with Crippen molar-refractivity contribution in [2.45, 2.75) is 13.5 Å². The van der Waals surface area contributed by atoms with Crippen LogP contribution in [0.1, 0.15) is 11.3 Å². The largest absolute Gasteiger partial charge is 0.467 e. The Balaban J connectivity index is 2.87. The summed E-state index contributed by atoms with van der Waals surface area (Å²) in [5, 5.41) is 8.43. The second-order valence-electron chi connectivity index (χ2n) is 2.30. The van der Waals surface area contributed by atoms with Crippen LogP contribution in [0.3, 0.4) is 0 Å². The van der Waals surface area contributed by atoms with E-state index in [0.29, 0.717) is 12.6 Å². The highest BCUT2D eigenvalue weighted by molar-refractivity contribution is 5.17. The zero-order valence-electron chi connectivity index (χ0n) is 7.03. The monoisotopic (exact) mass is 169 g/mol. The van der Waals surface area contributed by atoms with Gasteiger partial charge in [0.25, 0.3) is 0 Å². The molecule has 0 unspecified atom stereocenters. The average Bonchev–Trinajstić information content (AvgIpc) is 2.09. The summed E-state index contributed by atoms with van der Waals surface area (Å²) in [4.78, 5) is 7.92. The van der Waals surface area contributed by atoms with Crippen molar-refractivity contribution in [1.29, 1.82) is 0 Å². The van der Waals surface area contributed by atoms with Crippen molar-refractivity contribution in [3.8, 4) is 6.01 Å². The first-order chi connectivity index (χ1) is 5.77. The summed E-state index contributed by atoms with van der Waals surface area (Å²) in [5.41, 5.74) is 3.68. The summed E-state index contributed by atoms with van der Waals surface area (Å²) >= 11 is 0. The van der Waals surface area contributed by atoms with Crippen LogP contribution < -0.4 is 10.2 Å². The molecule has 66 valence electrons. The molecule has 1 rings (SSSR count). The molecule has 0 fully saturated rings. The Bertz CT molecular complexity index is 265. The first-order valence-electron chi connectivity index (χ1n) is 3.51. The van der Waals surface area contributed by atoms with Crippen LogP contribution in [0.15, 0.2) is 6.20 Å². The van der Waals surface area contributed by atoms with Gasteiger partial charge in [-0.25, -0.2) is 15.4 Å². The number of nitrogens with one attached hydrogen (secondary N) is 1. The molecule has 0 aromatic carbocycles. The van der Waals surface area contributed by atoms with E-state index in [0.717, 1.165) is 11.3 Å². The van der Waals surface area contributed by atoms with Gasteiger partial charge in [0.15, 0.2) is 0 Å². The van der Waals surface area contributed by atoms with E-state index in [1.807, 2.05) is 12.4 Å². The Kier molecular flexibility index (Phi) is 2.95. The molecular weight excluding hydrogens is 158 g/mol.